The molecule has 0 bridgehead atoms. The van der Waals surface area contributed by atoms with E-state index in [1.165, 1.54) is 0 Å². The number of ether oxygens (including phenoxy) is 7. The minimum atomic E-state index is -5.10. The van der Waals surface area contributed by atoms with Gasteiger partial charge in [0.25, 0.3) is 0 Å². The van der Waals surface area contributed by atoms with Crippen molar-refractivity contribution in [2.24, 2.45) is 5.92 Å². The standard InChI is InChI=1S/C54H58O11S2/c55-67(56,57)65-50-48(64-53(63-38-45-29-17-6-18-30-45)52(62-37-44-27-15-5-16-28-44)51(50)61-36-43-25-13-4-14-26-43)32-54(66)31-47(59-34-41-21-9-2-10-22-41)49(60-35-42-23-11-3-12-24-42)46(54)39-58-33-40-19-7-1-8-20-40/h1-30,46-53,66H,31-39H2,(H,55,56,57)/t46-,47-,48-,49-,50+,51+,52-,53-,54?/m1/s1. The molecule has 11 nitrogen and oxygen atoms in total. The maximum absolute atomic E-state index is 13.0. The van der Waals surface area contributed by atoms with Gasteiger partial charge in [0.05, 0.1) is 64.6 Å². The van der Waals surface area contributed by atoms with E-state index in [0.717, 1.165) is 33.4 Å². The van der Waals surface area contributed by atoms with Crippen LogP contribution in [0.3, 0.4) is 0 Å². The van der Waals surface area contributed by atoms with Gasteiger partial charge in [0.2, 0.25) is 0 Å². The second-order valence-corrected chi connectivity index (χ2v) is 19.0. The second kappa shape index (κ2) is 24.0. The Bertz CT molecular complexity index is 2460. The highest BCUT2D eigenvalue weighted by Crippen LogP contribution is 2.50. The molecule has 1 aliphatic heterocycles. The summed E-state index contributed by atoms with van der Waals surface area (Å²) in [5, 5.41) is 0. The Morgan fingerprint density at radius 2 is 0.866 bits per heavy atom. The Morgan fingerprint density at radius 1 is 0.493 bits per heavy atom. The predicted octanol–water partition coefficient (Wildman–Crippen LogP) is 9.75. The Morgan fingerprint density at radius 3 is 1.30 bits per heavy atom. The number of hydrogen-bond donors (Lipinski definition) is 2. The van der Waals surface area contributed by atoms with E-state index in [9.17, 15) is 13.0 Å². The summed E-state index contributed by atoms with van der Waals surface area (Å²) in [7, 11) is -5.10. The Hall–Kier alpha value is -4.74. The maximum atomic E-state index is 13.0. The third-order valence-corrected chi connectivity index (χ3v) is 13.4. The predicted molar refractivity (Wildman–Crippen MR) is 257 cm³/mol. The molecular weight excluding hydrogens is 889 g/mol. The summed E-state index contributed by atoms with van der Waals surface area (Å²) in [4.78, 5) is 0. The number of benzene rings is 6. The fraction of sp³-hybridized carbons (Fsp3) is 0.333. The van der Waals surface area contributed by atoms with Crippen molar-refractivity contribution in [2.45, 2.75) is 100 Å². The highest BCUT2D eigenvalue weighted by atomic mass is 32.3. The molecule has 2 fully saturated rings. The highest BCUT2D eigenvalue weighted by Gasteiger charge is 2.58. The minimum absolute atomic E-state index is 0.0624. The van der Waals surface area contributed by atoms with Crippen LogP contribution < -0.4 is 0 Å². The van der Waals surface area contributed by atoms with Crippen LogP contribution in [-0.2, 0) is 87.4 Å². The van der Waals surface area contributed by atoms with E-state index in [4.69, 9.17) is 50.0 Å². The first kappa shape index (κ1) is 48.7. The van der Waals surface area contributed by atoms with E-state index in [-0.39, 0.29) is 32.8 Å². The van der Waals surface area contributed by atoms with E-state index in [1.807, 2.05) is 182 Å². The smallest absolute Gasteiger partial charge is 0.376 e. The molecule has 9 atom stereocenters. The fourth-order valence-corrected chi connectivity index (χ4v) is 9.99. The molecule has 1 saturated carbocycles. The molecule has 67 heavy (non-hydrogen) atoms. The lowest BCUT2D eigenvalue weighted by atomic mass is 9.84. The van der Waals surface area contributed by atoms with Crippen LogP contribution in [0.5, 0.6) is 0 Å². The SMILES string of the molecule is O=S(=O)(O)O[C@@H]1[C@H](OCc2ccccc2)[C@@H](OCc2ccccc2)[C@H](OCc2ccccc2)O[C@@H]1CC1(S)C[C@@H](OCc2ccccc2)[C@H](OCc2ccccc2)[C@H]1COCc1ccccc1. The summed E-state index contributed by atoms with van der Waals surface area (Å²) in [6, 6.07) is 58.5. The minimum Gasteiger partial charge on any atom is -0.376 e. The molecule has 0 spiro atoms. The third kappa shape index (κ3) is 14.2. The zero-order chi connectivity index (χ0) is 46.3. The van der Waals surface area contributed by atoms with Crippen LogP contribution in [-0.4, -0.2) is 67.2 Å². The molecule has 13 heteroatoms. The Labute approximate surface area is 399 Å². The van der Waals surface area contributed by atoms with Gasteiger partial charge in [0.15, 0.2) is 6.29 Å². The number of hydrogen-bond acceptors (Lipinski definition) is 11. The Kier molecular flexibility index (Phi) is 17.5. The van der Waals surface area contributed by atoms with Crippen molar-refractivity contribution in [2.75, 3.05) is 6.61 Å². The Balaban J connectivity index is 1.16. The van der Waals surface area contributed by atoms with E-state index in [2.05, 4.69) is 0 Å². The molecule has 8 rings (SSSR count). The van der Waals surface area contributed by atoms with E-state index in [0.29, 0.717) is 26.2 Å². The summed E-state index contributed by atoms with van der Waals surface area (Å²) in [6.07, 6.45) is -6.39. The van der Waals surface area contributed by atoms with Gasteiger partial charge in [-0.1, -0.05) is 182 Å². The van der Waals surface area contributed by atoms with Crippen molar-refractivity contribution >= 4 is 23.0 Å². The monoisotopic (exact) mass is 946 g/mol. The zero-order valence-electron chi connectivity index (χ0n) is 37.2. The second-order valence-electron chi connectivity index (χ2n) is 17.1. The van der Waals surface area contributed by atoms with Crippen molar-refractivity contribution in [3.8, 4) is 0 Å². The lowest BCUT2D eigenvalue weighted by Crippen LogP contribution is -2.62. The first-order valence-corrected chi connectivity index (χ1v) is 24.4. The lowest BCUT2D eigenvalue weighted by Gasteiger charge is -2.47. The molecule has 352 valence electrons. The summed E-state index contributed by atoms with van der Waals surface area (Å²) >= 11 is 5.57. The van der Waals surface area contributed by atoms with E-state index in [1.54, 1.807) is 0 Å². The van der Waals surface area contributed by atoms with E-state index >= 15 is 0 Å². The molecule has 1 unspecified atom stereocenters. The van der Waals surface area contributed by atoms with Crippen molar-refractivity contribution in [1.82, 2.24) is 0 Å². The molecule has 0 aromatic heterocycles. The highest BCUT2D eigenvalue weighted by molar-refractivity contribution is 7.81. The number of rotatable bonds is 23. The normalized spacial score (nSPS) is 25.2. The van der Waals surface area contributed by atoms with Crippen LogP contribution in [0.1, 0.15) is 46.2 Å². The van der Waals surface area contributed by atoms with Crippen molar-refractivity contribution in [1.29, 1.82) is 0 Å². The molecule has 1 N–H and O–H groups in total. The molecule has 1 aliphatic carbocycles. The molecule has 0 amide bonds. The average molecular weight is 947 g/mol. The molecule has 6 aromatic rings. The van der Waals surface area contributed by atoms with Gasteiger partial charge in [-0.3, -0.25) is 4.55 Å². The van der Waals surface area contributed by atoms with Crippen LogP contribution in [0.2, 0.25) is 0 Å². The molecule has 1 saturated heterocycles. The van der Waals surface area contributed by atoms with E-state index < -0.39 is 64.0 Å². The van der Waals surface area contributed by atoms with Gasteiger partial charge < -0.3 is 33.2 Å². The van der Waals surface area contributed by atoms with Crippen molar-refractivity contribution in [3.05, 3.63) is 215 Å². The van der Waals surface area contributed by atoms with Gasteiger partial charge in [-0.05, 0) is 46.2 Å². The zero-order valence-corrected chi connectivity index (χ0v) is 38.9. The molecular formula is C54H58O11S2. The van der Waals surface area contributed by atoms with Crippen molar-refractivity contribution < 1.29 is 50.3 Å². The molecule has 6 aromatic carbocycles. The largest absolute Gasteiger partial charge is 0.397 e. The van der Waals surface area contributed by atoms with Gasteiger partial charge in [0, 0.05) is 10.7 Å². The fourth-order valence-electron chi connectivity index (χ4n) is 8.90. The summed E-state index contributed by atoms with van der Waals surface area (Å²) < 4.78 is 88.4. The topological polar surface area (TPSA) is 128 Å². The van der Waals surface area contributed by atoms with Crippen LogP contribution in [0, 0.1) is 5.92 Å². The first-order chi connectivity index (χ1) is 32.7. The quantitative estimate of drug-likeness (QED) is 0.0471. The van der Waals surface area contributed by atoms with Crippen LogP contribution in [0.15, 0.2) is 182 Å². The van der Waals surface area contributed by atoms with Gasteiger partial charge in [-0.15, -0.1) is 0 Å². The van der Waals surface area contributed by atoms with Crippen LogP contribution in [0.4, 0.5) is 0 Å². The van der Waals surface area contributed by atoms with Gasteiger partial charge in [-0.2, -0.15) is 21.0 Å². The molecule has 1 heterocycles. The van der Waals surface area contributed by atoms with Gasteiger partial charge in [0.1, 0.15) is 18.3 Å². The summed E-state index contributed by atoms with van der Waals surface area (Å²) in [5.41, 5.74) is 5.56. The van der Waals surface area contributed by atoms with Gasteiger partial charge >= 0.3 is 10.4 Å². The summed E-state index contributed by atoms with van der Waals surface area (Å²) in [5.74, 6) is -0.432. The third-order valence-electron chi connectivity index (χ3n) is 12.2. The molecule has 2 aliphatic rings. The maximum Gasteiger partial charge on any atom is 0.397 e. The van der Waals surface area contributed by atoms with Crippen molar-refractivity contribution in [3.63, 3.8) is 0 Å². The summed E-state index contributed by atoms with van der Waals surface area (Å²) in [6.45, 7) is 1.49. The van der Waals surface area contributed by atoms with Gasteiger partial charge in [-0.25, -0.2) is 4.18 Å². The molecule has 0 radical (unpaired) electrons. The van der Waals surface area contributed by atoms with Crippen LogP contribution in [0.25, 0.3) is 0 Å². The average Bonchev–Trinajstić information content (AvgIpc) is 3.62. The first-order valence-electron chi connectivity index (χ1n) is 22.6. The number of thiol groups is 1. The van der Waals surface area contributed by atoms with Crippen LogP contribution >= 0.6 is 12.6 Å². The lowest BCUT2D eigenvalue weighted by molar-refractivity contribution is -0.317.